The summed E-state index contributed by atoms with van der Waals surface area (Å²) in [6, 6.07) is 9.88. The first-order valence-corrected chi connectivity index (χ1v) is 3.16. The fraction of sp³-hybridized carbons (Fsp3) is 0.143. The highest BCUT2D eigenvalue weighted by molar-refractivity contribution is 5.41. The standard InChI is InChI=1S/C7H11N3/c8-10-6-9-7-4-2-1-3-5-7/h1-5,9-10H,6,8H2. The number of hydrogen-bond donors (Lipinski definition) is 3. The highest BCUT2D eigenvalue weighted by Crippen LogP contribution is 2.02. The molecular formula is C7H11N3. The summed E-state index contributed by atoms with van der Waals surface area (Å²) in [5, 5.41) is 3.06. The molecule has 3 heteroatoms. The van der Waals surface area contributed by atoms with Gasteiger partial charge in [-0.3, -0.25) is 5.84 Å². The van der Waals surface area contributed by atoms with E-state index in [-0.39, 0.29) is 0 Å². The van der Waals surface area contributed by atoms with Gasteiger partial charge in [0, 0.05) is 5.69 Å². The Morgan fingerprint density at radius 2 is 1.90 bits per heavy atom. The van der Waals surface area contributed by atoms with E-state index in [1.807, 2.05) is 30.3 Å². The largest absolute Gasteiger partial charge is 0.371 e. The Kier molecular flexibility index (Phi) is 2.73. The second kappa shape index (κ2) is 3.87. The highest BCUT2D eigenvalue weighted by atomic mass is 15.3. The zero-order valence-electron chi connectivity index (χ0n) is 5.67. The molecule has 0 saturated heterocycles. The Bertz CT molecular complexity index is 173. The lowest BCUT2D eigenvalue weighted by Crippen LogP contribution is -2.28. The lowest BCUT2D eigenvalue weighted by molar-refractivity contribution is 0.790. The van der Waals surface area contributed by atoms with Gasteiger partial charge in [0.05, 0.1) is 6.67 Å². The molecule has 0 aliphatic rings. The molecule has 0 amide bonds. The predicted molar refractivity (Wildman–Crippen MR) is 42.3 cm³/mol. The summed E-state index contributed by atoms with van der Waals surface area (Å²) in [7, 11) is 0. The first-order valence-electron chi connectivity index (χ1n) is 3.16. The SMILES string of the molecule is NNCNc1ccccc1. The molecule has 0 heterocycles. The number of nitrogens with one attached hydrogen (secondary N) is 2. The Morgan fingerprint density at radius 3 is 2.50 bits per heavy atom. The van der Waals surface area contributed by atoms with E-state index >= 15 is 0 Å². The first-order chi connectivity index (χ1) is 4.93. The summed E-state index contributed by atoms with van der Waals surface area (Å²) in [5.41, 5.74) is 3.57. The van der Waals surface area contributed by atoms with Crippen molar-refractivity contribution in [2.24, 2.45) is 5.84 Å². The Morgan fingerprint density at radius 1 is 1.20 bits per heavy atom. The van der Waals surface area contributed by atoms with Gasteiger partial charge < -0.3 is 5.32 Å². The van der Waals surface area contributed by atoms with Gasteiger partial charge in [0.2, 0.25) is 0 Å². The molecule has 0 aliphatic heterocycles. The van der Waals surface area contributed by atoms with E-state index in [1.54, 1.807) is 0 Å². The van der Waals surface area contributed by atoms with Crippen LogP contribution >= 0.6 is 0 Å². The maximum absolute atomic E-state index is 5.06. The van der Waals surface area contributed by atoms with E-state index in [0.717, 1.165) is 5.69 Å². The zero-order valence-corrected chi connectivity index (χ0v) is 5.67. The molecule has 0 aliphatic carbocycles. The van der Waals surface area contributed by atoms with Crippen LogP contribution in [0.4, 0.5) is 5.69 Å². The van der Waals surface area contributed by atoms with Gasteiger partial charge in [-0.05, 0) is 12.1 Å². The number of hydrazine groups is 1. The minimum atomic E-state index is 0.587. The molecular weight excluding hydrogens is 126 g/mol. The summed E-state index contributed by atoms with van der Waals surface area (Å²) >= 11 is 0. The van der Waals surface area contributed by atoms with Crippen molar-refractivity contribution in [1.82, 2.24) is 5.43 Å². The van der Waals surface area contributed by atoms with Crippen LogP contribution in [0, 0.1) is 0 Å². The van der Waals surface area contributed by atoms with Gasteiger partial charge in [0.1, 0.15) is 0 Å². The molecule has 0 atom stereocenters. The van der Waals surface area contributed by atoms with Crippen LogP contribution in [0.2, 0.25) is 0 Å². The van der Waals surface area contributed by atoms with Gasteiger partial charge in [-0.15, -0.1) is 0 Å². The van der Waals surface area contributed by atoms with Crippen LogP contribution in [0.25, 0.3) is 0 Å². The monoisotopic (exact) mass is 137 g/mol. The quantitative estimate of drug-likeness (QED) is 0.323. The van der Waals surface area contributed by atoms with Gasteiger partial charge in [-0.1, -0.05) is 18.2 Å². The molecule has 10 heavy (non-hydrogen) atoms. The normalized spacial score (nSPS) is 9.30. The summed E-state index contributed by atoms with van der Waals surface area (Å²) in [5.74, 6) is 5.06. The van der Waals surface area contributed by atoms with Crippen LogP contribution in [0.1, 0.15) is 0 Å². The minimum Gasteiger partial charge on any atom is -0.371 e. The van der Waals surface area contributed by atoms with Crippen molar-refractivity contribution < 1.29 is 0 Å². The summed E-state index contributed by atoms with van der Waals surface area (Å²) in [4.78, 5) is 0. The van der Waals surface area contributed by atoms with Crippen LogP contribution in [-0.2, 0) is 0 Å². The van der Waals surface area contributed by atoms with Crippen LogP contribution in [0.3, 0.4) is 0 Å². The molecule has 0 saturated carbocycles. The van der Waals surface area contributed by atoms with E-state index in [2.05, 4.69) is 10.7 Å². The molecule has 0 radical (unpaired) electrons. The number of anilines is 1. The van der Waals surface area contributed by atoms with Gasteiger partial charge in [-0.25, -0.2) is 5.43 Å². The fourth-order valence-electron chi connectivity index (χ4n) is 0.709. The Labute approximate surface area is 60.2 Å². The van der Waals surface area contributed by atoms with Gasteiger partial charge in [0.25, 0.3) is 0 Å². The molecule has 54 valence electrons. The zero-order chi connectivity index (χ0) is 7.23. The van der Waals surface area contributed by atoms with Crippen molar-refractivity contribution in [1.29, 1.82) is 0 Å². The highest BCUT2D eigenvalue weighted by Gasteiger charge is 1.83. The van der Waals surface area contributed by atoms with Crippen LogP contribution in [0.15, 0.2) is 30.3 Å². The van der Waals surface area contributed by atoms with E-state index in [1.165, 1.54) is 0 Å². The maximum atomic E-state index is 5.06. The van der Waals surface area contributed by atoms with Crippen molar-refractivity contribution in [2.75, 3.05) is 12.0 Å². The van der Waals surface area contributed by atoms with Crippen molar-refractivity contribution >= 4 is 5.69 Å². The molecule has 3 nitrogen and oxygen atoms in total. The molecule has 0 spiro atoms. The second-order valence-electron chi connectivity index (χ2n) is 1.92. The first kappa shape index (κ1) is 7.05. The number of benzene rings is 1. The maximum Gasteiger partial charge on any atom is 0.0780 e. The average Bonchev–Trinajstić information content (AvgIpc) is 2.03. The lowest BCUT2D eigenvalue weighted by atomic mass is 10.3. The lowest BCUT2D eigenvalue weighted by Gasteiger charge is -2.02. The third kappa shape index (κ3) is 2.05. The minimum absolute atomic E-state index is 0.587. The van der Waals surface area contributed by atoms with Crippen molar-refractivity contribution in [3.8, 4) is 0 Å². The van der Waals surface area contributed by atoms with E-state index < -0.39 is 0 Å². The van der Waals surface area contributed by atoms with E-state index in [9.17, 15) is 0 Å². The second-order valence-corrected chi connectivity index (χ2v) is 1.92. The van der Waals surface area contributed by atoms with Gasteiger partial charge >= 0.3 is 0 Å². The fourth-order valence-corrected chi connectivity index (χ4v) is 0.709. The molecule has 1 rings (SSSR count). The molecule has 4 N–H and O–H groups in total. The van der Waals surface area contributed by atoms with Crippen molar-refractivity contribution in [2.45, 2.75) is 0 Å². The molecule has 1 aromatic rings. The third-order valence-corrected chi connectivity index (χ3v) is 1.17. The third-order valence-electron chi connectivity index (χ3n) is 1.17. The van der Waals surface area contributed by atoms with Crippen molar-refractivity contribution in [3.63, 3.8) is 0 Å². The summed E-state index contributed by atoms with van der Waals surface area (Å²) < 4.78 is 0. The van der Waals surface area contributed by atoms with Gasteiger partial charge in [-0.2, -0.15) is 0 Å². The Balaban J connectivity index is 2.43. The molecule has 0 fully saturated rings. The Hall–Kier alpha value is -1.06. The average molecular weight is 137 g/mol. The number of para-hydroxylation sites is 1. The number of nitrogens with two attached hydrogens (primary N) is 1. The number of rotatable bonds is 3. The number of hydrogen-bond acceptors (Lipinski definition) is 3. The van der Waals surface area contributed by atoms with E-state index in [0.29, 0.717) is 6.67 Å². The summed E-state index contributed by atoms with van der Waals surface area (Å²) in [6.07, 6.45) is 0. The van der Waals surface area contributed by atoms with Crippen LogP contribution in [0.5, 0.6) is 0 Å². The van der Waals surface area contributed by atoms with Gasteiger partial charge in [0.15, 0.2) is 0 Å². The smallest absolute Gasteiger partial charge is 0.0780 e. The van der Waals surface area contributed by atoms with E-state index in [4.69, 9.17) is 5.84 Å². The van der Waals surface area contributed by atoms with Crippen LogP contribution in [-0.4, -0.2) is 6.67 Å². The van der Waals surface area contributed by atoms with Crippen LogP contribution < -0.4 is 16.6 Å². The molecule has 1 aromatic carbocycles. The van der Waals surface area contributed by atoms with Crippen molar-refractivity contribution in [3.05, 3.63) is 30.3 Å². The molecule has 0 unspecified atom stereocenters. The predicted octanol–water partition coefficient (Wildman–Crippen LogP) is 0.519. The molecule has 0 aromatic heterocycles. The summed E-state index contributed by atoms with van der Waals surface area (Å²) in [6.45, 7) is 0.587. The molecule has 0 bridgehead atoms. The topological polar surface area (TPSA) is 50.1 Å².